The first kappa shape index (κ1) is 18.2. The van der Waals surface area contributed by atoms with Crippen LogP contribution in [0.3, 0.4) is 0 Å². The van der Waals surface area contributed by atoms with Gasteiger partial charge in [-0.05, 0) is 43.3 Å². The molecule has 0 aliphatic rings. The van der Waals surface area contributed by atoms with Crippen molar-refractivity contribution in [2.45, 2.75) is 26.1 Å². The third kappa shape index (κ3) is 4.33. The summed E-state index contributed by atoms with van der Waals surface area (Å²) in [5.74, 6) is 1.25. The number of ether oxygens (including phenoxy) is 1. The minimum atomic E-state index is -0.112. The molecule has 0 saturated carbocycles. The second-order valence-electron chi connectivity index (χ2n) is 6.05. The zero-order valence-electron chi connectivity index (χ0n) is 14.5. The number of hydrogen-bond acceptors (Lipinski definition) is 4. The van der Waals surface area contributed by atoms with Crippen LogP contribution in [-0.4, -0.2) is 28.0 Å². The van der Waals surface area contributed by atoms with Crippen molar-refractivity contribution in [3.05, 3.63) is 59.4 Å². The maximum Gasteiger partial charge on any atom is 0.240 e. The molecule has 2 aromatic carbocycles. The quantitative estimate of drug-likeness (QED) is 0.668. The van der Waals surface area contributed by atoms with Crippen LogP contribution in [0.4, 0.5) is 0 Å². The molecule has 0 radical (unpaired) electrons. The molecule has 0 unspecified atom stereocenters. The highest BCUT2D eigenvalue weighted by Crippen LogP contribution is 2.20. The van der Waals surface area contributed by atoms with Gasteiger partial charge in [-0.2, -0.15) is 0 Å². The summed E-state index contributed by atoms with van der Waals surface area (Å²) in [6.45, 7) is 2.66. The van der Waals surface area contributed by atoms with Gasteiger partial charge in [-0.15, -0.1) is 0 Å². The highest BCUT2D eigenvalue weighted by atomic mass is 35.5. The van der Waals surface area contributed by atoms with E-state index in [2.05, 4.69) is 10.3 Å². The molecule has 0 saturated heterocycles. The van der Waals surface area contributed by atoms with E-state index in [0.717, 1.165) is 11.0 Å². The Morgan fingerprint density at radius 2 is 2.00 bits per heavy atom. The van der Waals surface area contributed by atoms with E-state index in [-0.39, 0.29) is 25.1 Å². The lowest BCUT2D eigenvalue weighted by atomic mass is 10.3. The van der Waals surface area contributed by atoms with Crippen LogP contribution in [0.5, 0.6) is 5.75 Å². The Morgan fingerprint density at radius 1 is 1.27 bits per heavy atom. The van der Waals surface area contributed by atoms with Crippen LogP contribution in [0.1, 0.15) is 12.7 Å². The van der Waals surface area contributed by atoms with Gasteiger partial charge in [-0.1, -0.05) is 23.7 Å². The third-order valence-corrected chi connectivity index (χ3v) is 4.23. The molecular weight excluding hydrogens is 352 g/mol. The fraction of sp³-hybridized carbons (Fsp3) is 0.263. The third-order valence-electron chi connectivity index (χ3n) is 3.98. The number of hydrogen-bond donors (Lipinski definition) is 2. The Bertz CT molecular complexity index is 892. The van der Waals surface area contributed by atoms with E-state index in [1.807, 2.05) is 35.8 Å². The topological polar surface area (TPSA) is 82.2 Å². The number of imidazole rings is 1. The number of carbonyl (C=O) groups excluding carboxylic acids is 1. The minimum absolute atomic E-state index is 0.0777. The van der Waals surface area contributed by atoms with Gasteiger partial charge in [0.2, 0.25) is 5.91 Å². The summed E-state index contributed by atoms with van der Waals surface area (Å²) in [7, 11) is 0. The molecule has 6 nitrogen and oxygen atoms in total. The van der Waals surface area contributed by atoms with E-state index in [1.54, 1.807) is 24.3 Å². The number of carbonyl (C=O) groups is 1. The summed E-state index contributed by atoms with van der Waals surface area (Å²) >= 11 is 5.89. The van der Waals surface area contributed by atoms with E-state index < -0.39 is 0 Å². The Labute approximate surface area is 156 Å². The van der Waals surface area contributed by atoms with Crippen LogP contribution in [0.2, 0.25) is 5.02 Å². The van der Waals surface area contributed by atoms with Gasteiger partial charge in [0, 0.05) is 17.6 Å². The molecule has 7 heteroatoms. The summed E-state index contributed by atoms with van der Waals surface area (Å²) in [4.78, 5) is 16.9. The normalized spacial score (nSPS) is 12.1. The van der Waals surface area contributed by atoms with E-state index in [0.29, 0.717) is 23.1 Å². The van der Waals surface area contributed by atoms with Gasteiger partial charge in [0.1, 0.15) is 24.7 Å². The summed E-state index contributed by atoms with van der Waals surface area (Å²) in [6.07, 6.45) is 0. The predicted molar refractivity (Wildman–Crippen MR) is 102 cm³/mol. The highest BCUT2D eigenvalue weighted by molar-refractivity contribution is 6.30. The molecule has 136 valence electrons. The Hall–Kier alpha value is -2.57. The Balaban J connectivity index is 1.82. The smallest absolute Gasteiger partial charge is 0.240 e. The summed E-state index contributed by atoms with van der Waals surface area (Å²) in [5.41, 5.74) is 7.28. The fourth-order valence-corrected chi connectivity index (χ4v) is 2.74. The van der Waals surface area contributed by atoms with Crippen molar-refractivity contribution < 1.29 is 9.53 Å². The molecule has 0 spiro atoms. The van der Waals surface area contributed by atoms with E-state index in [1.165, 1.54) is 0 Å². The molecule has 1 atom stereocenters. The van der Waals surface area contributed by atoms with Crippen LogP contribution in [0, 0.1) is 0 Å². The fourth-order valence-electron chi connectivity index (χ4n) is 2.61. The molecule has 0 bridgehead atoms. The van der Waals surface area contributed by atoms with Gasteiger partial charge >= 0.3 is 0 Å². The average molecular weight is 373 g/mol. The molecule has 3 aromatic rings. The first-order valence-electron chi connectivity index (χ1n) is 8.38. The second kappa shape index (κ2) is 8.21. The standard InChI is InChI=1S/C19H21ClN4O2/c1-13(10-21)22-19(25)11-24-17-5-3-2-4-16(17)23-18(24)12-26-15-8-6-14(20)7-9-15/h2-9,13H,10-12,21H2,1H3,(H,22,25)/t13-/m0/s1. The second-order valence-corrected chi connectivity index (χ2v) is 6.49. The molecule has 3 N–H and O–H groups in total. The van der Waals surface area contributed by atoms with Gasteiger partial charge < -0.3 is 20.4 Å². The van der Waals surface area contributed by atoms with Crippen molar-refractivity contribution >= 4 is 28.5 Å². The number of nitrogens with one attached hydrogen (secondary N) is 1. The van der Waals surface area contributed by atoms with Crippen LogP contribution in [0.15, 0.2) is 48.5 Å². The number of benzene rings is 2. The van der Waals surface area contributed by atoms with Gasteiger partial charge in [0.25, 0.3) is 0 Å². The molecule has 1 amide bonds. The molecule has 0 aliphatic carbocycles. The zero-order chi connectivity index (χ0) is 18.5. The highest BCUT2D eigenvalue weighted by Gasteiger charge is 2.15. The van der Waals surface area contributed by atoms with E-state index in [4.69, 9.17) is 22.1 Å². The summed E-state index contributed by atoms with van der Waals surface area (Å²) in [5, 5.41) is 3.52. The van der Waals surface area contributed by atoms with Gasteiger partial charge in [-0.3, -0.25) is 4.79 Å². The first-order valence-corrected chi connectivity index (χ1v) is 8.76. The van der Waals surface area contributed by atoms with Crippen molar-refractivity contribution in [1.82, 2.24) is 14.9 Å². The summed E-state index contributed by atoms with van der Waals surface area (Å²) in [6, 6.07) is 14.7. The molecular formula is C19H21ClN4O2. The maximum absolute atomic E-state index is 12.3. The molecule has 3 rings (SSSR count). The van der Waals surface area contributed by atoms with Crippen molar-refractivity contribution in [2.75, 3.05) is 6.54 Å². The van der Waals surface area contributed by atoms with Gasteiger partial charge in [0.15, 0.2) is 0 Å². The van der Waals surface area contributed by atoms with Crippen molar-refractivity contribution in [3.63, 3.8) is 0 Å². The molecule has 1 aromatic heterocycles. The number of nitrogens with two attached hydrogens (primary N) is 1. The largest absolute Gasteiger partial charge is 0.486 e. The van der Waals surface area contributed by atoms with Crippen molar-refractivity contribution in [1.29, 1.82) is 0 Å². The number of rotatable bonds is 7. The lowest BCUT2D eigenvalue weighted by Gasteiger charge is -2.14. The predicted octanol–water partition coefficient (Wildman–Crippen LogP) is 2.73. The van der Waals surface area contributed by atoms with Crippen LogP contribution < -0.4 is 15.8 Å². The molecule has 26 heavy (non-hydrogen) atoms. The minimum Gasteiger partial charge on any atom is -0.486 e. The van der Waals surface area contributed by atoms with Crippen LogP contribution in [-0.2, 0) is 17.9 Å². The Kier molecular flexibility index (Phi) is 5.75. The SMILES string of the molecule is C[C@@H](CN)NC(=O)Cn1c(COc2ccc(Cl)cc2)nc2ccccc21. The number of aromatic nitrogens is 2. The van der Waals surface area contributed by atoms with E-state index >= 15 is 0 Å². The average Bonchev–Trinajstić information content (AvgIpc) is 2.98. The number of nitrogens with zero attached hydrogens (tertiary/aromatic N) is 2. The lowest BCUT2D eigenvalue weighted by molar-refractivity contribution is -0.122. The van der Waals surface area contributed by atoms with Crippen LogP contribution >= 0.6 is 11.6 Å². The Morgan fingerprint density at radius 3 is 2.73 bits per heavy atom. The van der Waals surface area contributed by atoms with Crippen molar-refractivity contribution in [3.8, 4) is 5.75 Å². The number of amides is 1. The number of para-hydroxylation sites is 2. The lowest BCUT2D eigenvalue weighted by Crippen LogP contribution is -2.39. The first-order chi connectivity index (χ1) is 12.6. The number of halogens is 1. The van der Waals surface area contributed by atoms with Gasteiger partial charge in [-0.25, -0.2) is 4.98 Å². The number of fused-ring (bicyclic) bond motifs is 1. The summed E-state index contributed by atoms with van der Waals surface area (Å²) < 4.78 is 7.67. The maximum atomic E-state index is 12.3. The van der Waals surface area contributed by atoms with Gasteiger partial charge in [0.05, 0.1) is 11.0 Å². The monoisotopic (exact) mass is 372 g/mol. The van der Waals surface area contributed by atoms with E-state index in [9.17, 15) is 4.79 Å². The zero-order valence-corrected chi connectivity index (χ0v) is 15.2. The molecule has 0 fully saturated rings. The molecule has 1 heterocycles. The van der Waals surface area contributed by atoms with Crippen LogP contribution in [0.25, 0.3) is 11.0 Å². The molecule has 0 aliphatic heterocycles. The van der Waals surface area contributed by atoms with Crippen molar-refractivity contribution in [2.24, 2.45) is 5.73 Å².